The molecule has 84 valence electrons. The topological polar surface area (TPSA) is 54.2 Å². The van der Waals surface area contributed by atoms with E-state index in [-0.39, 0.29) is 0 Å². The van der Waals surface area contributed by atoms with Crippen LogP contribution in [-0.4, -0.2) is 37.1 Å². The first-order chi connectivity index (χ1) is 7.09. The van der Waals surface area contributed by atoms with Gasteiger partial charge < -0.3 is 16.0 Å². The standard InChI is InChI=1S/C10H17ClN4/c1-15(2)5-3-4-13-10-9(11)6-8(12)7-14-10/h6-7H,3-5,12H2,1-2H3,(H,13,14). The number of nitrogen functional groups attached to an aromatic ring is 1. The van der Waals surface area contributed by atoms with Crippen LogP contribution in [0.25, 0.3) is 0 Å². The summed E-state index contributed by atoms with van der Waals surface area (Å²) in [6.45, 7) is 1.90. The zero-order valence-corrected chi connectivity index (χ0v) is 9.88. The summed E-state index contributed by atoms with van der Waals surface area (Å²) in [6, 6.07) is 1.70. The van der Waals surface area contributed by atoms with Gasteiger partial charge in [0, 0.05) is 6.54 Å². The minimum absolute atomic E-state index is 0.569. The molecule has 1 heterocycles. The molecule has 5 heteroatoms. The Morgan fingerprint density at radius 2 is 2.27 bits per heavy atom. The lowest BCUT2D eigenvalue weighted by Gasteiger charge is -2.11. The van der Waals surface area contributed by atoms with Crippen molar-refractivity contribution >= 4 is 23.1 Å². The highest BCUT2D eigenvalue weighted by Crippen LogP contribution is 2.20. The number of anilines is 2. The van der Waals surface area contributed by atoms with Gasteiger partial charge in [-0.1, -0.05) is 11.6 Å². The highest BCUT2D eigenvalue weighted by molar-refractivity contribution is 6.33. The molecule has 4 nitrogen and oxygen atoms in total. The summed E-state index contributed by atoms with van der Waals surface area (Å²) in [5, 5.41) is 3.74. The van der Waals surface area contributed by atoms with Gasteiger partial charge >= 0.3 is 0 Å². The molecule has 0 aliphatic rings. The maximum absolute atomic E-state index is 5.96. The summed E-state index contributed by atoms with van der Waals surface area (Å²) in [4.78, 5) is 6.25. The van der Waals surface area contributed by atoms with Gasteiger partial charge in [0.15, 0.2) is 0 Å². The fourth-order valence-corrected chi connectivity index (χ4v) is 1.43. The van der Waals surface area contributed by atoms with Crippen molar-refractivity contribution in [3.05, 3.63) is 17.3 Å². The predicted molar refractivity (Wildman–Crippen MR) is 65.3 cm³/mol. The summed E-state index contributed by atoms with van der Waals surface area (Å²) in [6.07, 6.45) is 2.65. The molecule has 0 aromatic carbocycles. The quantitative estimate of drug-likeness (QED) is 0.753. The third-order valence-corrected chi connectivity index (χ3v) is 2.22. The van der Waals surface area contributed by atoms with Crippen LogP contribution in [0.2, 0.25) is 5.02 Å². The molecule has 0 aliphatic carbocycles. The highest BCUT2D eigenvalue weighted by Gasteiger charge is 2.01. The van der Waals surface area contributed by atoms with Crippen molar-refractivity contribution in [2.75, 3.05) is 38.2 Å². The Morgan fingerprint density at radius 3 is 2.87 bits per heavy atom. The zero-order chi connectivity index (χ0) is 11.3. The first-order valence-electron chi connectivity index (χ1n) is 4.89. The molecular weight excluding hydrogens is 212 g/mol. The highest BCUT2D eigenvalue weighted by atomic mass is 35.5. The van der Waals surface area contributed by atoms with Gasteiger partial charge in [0.1, 0.15) is 5.82 Å². The Morgan fingerprint density at radius 1 is 1.53 bits per heavy atom. The minimum Gasteiger partial charge on any atom is -0.397 e. The van der Waals surface area contributed by atoms with Crippen LogP contribution < -0.4 is 11.1 Å². The number of nitrogens with one attached hydrogen (secondary N) is 1. The van der Waals surface area contributed by atoms with Crippen LogP contribution in [0, 0.1) is 0 Å². The van der Waals surface area contributed by atoms with Gasteiger partial charge in [-0.05, 0) is 33.1 Å². The molecule has 0 spiro atoms. The van der Waals surface area contributed by atoms with E-state index in [4.69, 9.17) is 17.3 Å². The lowest BCUT2D eigenvalue weighted by Crippen LogP contribution is -2.16. The molecule has 1 aromatic heterocycles. The molecule has 0 atom stereocenters. The number of hydrogen-bond acceptors (Lipinski definition) is 4. The van der Waals surface area contributed by atoms with Crippen LogP contribution in [0.4, 0.5) is 11.5 Å². The molecule has 1 rings (SSSR count). The largest absolute Gasteiger partial charge is 0.397 e. The Labute approximate surface area is 95.4 Å². The Bertz CT molecular complexity index is 314. The van der Waals surface area contributed by atoms with Gasteiger partial charge in [0.05, 0.1) is 16.9 Å². The molecule has 1 aromatic rings. The molecular formula is C10H17ClN4. The minimum atomic E-state index is 0.569. The lowest BCUT2D eigenvalue weighted by atomic mass is 10.3. The second-order valence-corrected chi connectivity index (χ2v) is 4.09. The van der Waals surface area contributed by atoms with Crippen molar-refractivity contribution in [3.8, 4) is 0 Å². The Balaban J connectivity index is 2.37. The van der Waals surface area contributed by atoms with E-state index in [1.54, 1.807) is 12.3 Å². The van der Waals surface area contributed by atoms with Crippen LogP contribution >= 0.6 is 11.6 Å². The van der Waals surface area contributed by atoms with Gasteiger partial charge in [-0.25, -0.2) is 4.98 Å². The van der Waals surface area contributed by atoms with E-state index in [0.29, 0.717) is 16.5 Å². The van der Waals surface area contributed by atoms with Crippen molar-refractivity contribution in [2.24, 2.45) is 0 Å². The summed E-state index contributed by atoms with van der Waals surface area (Å²) in [5.74, 6) is 0.699. The molecule has 0 bridgehead atoms. The number of pyridine rings is 1. The van der Waals surface area contributed by atoms with E-state index >= 15 is 0 Å². The Hall–Kier alpha value is -1.00. The molecule has 15 heavy (non-hydrogen) atoms. The number of nitrogens with zero attached hydrogens (tertiary/aromatic N) is 2. The van der Waals surface area contributed by atoms with Crippen molar-refractivity contribution in [1.29, 1.82) is 0 Å². The van der Waals surface area contributed by atoms with Gasteiger partial charge in [-0.3, -0.25) is 0 Å². The first kappa shape index (κ1) is 12.1. The van der Waals surface area contributed by atoms with Gasteiger partial charge in [-0.15, -0.1) is 0 Å². The second-order valence-electron chi connectivity index (χ2n) is 3.68. The number of halogens is 1. The summed E-state index contributed by atoms with van der Waals surface area (Å²) in [5.41, 5.74) is 6.12. The summed E-state index contributed by atoms with van der Waals surface area (Å²) < 4.78 is 0. The van der Waals surface area contributed by atoms with E-state index in [1.165, 1.54) is 0 Å². The SMILES string of the molecule is CN(C)CCCNc1ncc(N)cc1Cl. The average molecular weight is 229 g/mol. The van der Waals surface area contributed by atoms with Crippen LogP contribution in [0.15, 0.2) is 12.3 Å². The van der Waals surface area contributed by atoms with Crippen LogP contribution in [-0.2, 0) is 0 Å². The zero-order valence-electron chi connectivity index (χ0n) is 9.13. The number of aromatic nitrogens is 1. The molecule has 3 N–H and O–H groups in total. The molecule has 0 unspecified atom stereocenters. The lowest BCUT2D eigenvalue weighted by molar-refractivity contribution is 0.405. The van der Waals surface area contributed by atoms with Crippen LogP contribution in [0.3, 0.4) is 0 Å². The Kier molecular flexibility index (Phi) is 4.65. The van der Waals surface area contributed by atoms with E-state index < -0.39 is 0 Å². The van der Waals surface area contributed by atoms with Crippen molar-refractivity contribution in [3.63, 3.8) is 0 Å². The fraction of sp³-hybridized carbons (Fsp3) is 0.500. The summed E-state index contributed by atoms with van der Waals surface area (Å²) >= 11 is 5.96. The third kappa shape index (κ3) is 4.36. The fourth-order valence-electron chi connectivity index (χ4n) is 1.18. The average Bonchev–Trinajstić information content (AvgIpc) is 2.14. The van der Waals surface area contributed by atoms with E-state index in [2.05, 4.69) is 29.3 Å². The maximum atomic E-state index is 5.96. The number of nitrogens with two attached hydrogens (primary N) is 1. The summed E-state index contributed by atoms with van der Waals surface area (Å²) in [7, 11) is 4.10. The molecule has 0 amide bonds. The van der Waals surface area contributed by atoms with E-state index in [9.17, 15) is 0 Å². The normalized spacial score (nSPS) is 10.7. The second kappa shape index (κ2) is 5.78. The monoisotopic (exact) mass is 228 g/mol. The van der Waals surface area contributed by atoms with Gasteiger partial charge in [0.2, 0.25) is 0 Å². The number of rotatable bonds is 5. The van der Waals surface area contributed by atoms with Crippen LogP contribution in [0.5, 0.6) is 0 Å². The predicted octanol–water partition coefficient (Wildman–Crippen LogP) is 1.68. The molecule has 0 radical (unpaired) electrons. The smallest absolute Gasteiger partial charge is 0.144 e. The maximum Gasteiger partial charge on any atom is 0.144 e. The molecule has 0 saturated heterocycles. The van der Waals surface area contributed by atoms with Crippen LogP contribution in [0.1, 0.15) is 6.42 Å². The molecule has 0 fully saturated rings. The van der Waals surface area contributed by atoms with Crippen molar-refractivity contribution in [1.82, 2.24) is 9.88 Å². The molecule has 0 saturated carbocycles. The van der Waals surface area contributed by atoms with Gasteiger partial charge in [-0.2, -0.15) is 0 Å². The molecule has 0 aliphatic heterocycles. The van der Waals surface area contributed by atoms with Crippen molar-refractivity contribution < 1.29 is 0 Å². The van der Waals surface area contributed by atoms with E-state index in [1.807, 2.05) is 0 Å². The third-order valence-electron chi connectivity index (χ3n) is 1.94. The van der Waals surface area contributed by atoms with Gasteiger partial charge in [0.25, 0.3) is 0 Å². The van der Waals surface area contributed by atoms with E-state index in [0.717, 1.165) is 19.5 Å². The first-order valence-corrected chi connectivity index (χ1v) is 5.27. The van der Waals surface area contributed by atoms with Crippen molar-refractivity contribution in [2.45, 2.75) is 6.42 Å². The number of hydrogen-bond donors (Lipinski definition) is 2.